The van der Waals surface area contributed by atoms with Crippen LogP contribution >= 0.6 is 24.8 Å². The second kappa shape index (κ2) is 12.4. The monoisotopic (exact) mass is 510 g/mol. The maximum absolute atomic E-state index is 13.4. The van der Waals surface area contributed by atoms with Gasteiger partial charge in [0.15, 0.2) is 0 Å². The van der Waals surface area contributed by atoms with Crippen LogP contribution in [0.3, 0.4) is 0 Å². The van der Waals surface area contributed by atoms with E-state index in [1.54, 1.807) is 6.07 Å². The van der Waals surface area contributed by atoms with Crippen LogP contribution in [0.1, 0.15) is 81.3 Å². The largest absolute Gasteiger partial charge is 0.416 e. The van der Waals surface area contributed by atoms with Crippen molar-refractivity contribution in [3.63, 3.8) is 0 Å². The summed E-state index contributed by atoms with van der Waals surface area (Å²) in [5, 5.41) is 11.5. The molecule has 2 aliphatic heterocycles. The predicted molar refractivity (Wildman–Crippen MR) is 132 cm³/mol. The number of nitrogens with zero attached hydrogens (tertiary/aromatic N) is 2. The second-order valence-corrected chi connectivity index (χ2v) is 9.97. The molecule has 0 spiro atoms. The van der Waals surface area contributed by atoms with Gasteiger partial charge in [-0.05, 0) is 76.3 Å². The lowest BCUT2D eigenvalue weighted by molar-refractivity contribution is -0.137. The highest BCUT2D eigenvalue weighted by molar-refractivity contribution is 5.85. The first kappa shape index (κ1) is 28.7. The van der Waals surface area contributed by atoms with Crippen LogP contribution in [0.25, 0.3) is 0 Å². The number of rotatable bonds is 5. The third-order valence-corrected chi connectivity index (χ3v) is 7.89. The minimum Gasteiger partial charge on any atom is -0.389 e. The summed E-state index contributed by atoms with van der Waals surface area (Å²) in [6.07, 6.45) is 6.16. The highest BCUT2D eigenvalue weighted by Gasteiger charge is 2.41. The highest BCUT2D eigenvalue weighted by atomic mass is 35.5. The molecule has 1 N–H and O–H groups in total. The zero-order valence-corrected chi connectivity index (χ0v) is 21.0. The van der Waals surface area contributed by atoms with Crippen molar-refractivity contribution >= 4 is 24.8 Å². The summed E-state index contributed by atoms with van der Waals surface area (Å²) >= 11 is 0. The number of hydrogen-bond donors (Lipinski definition) is 1. The number of piperidine rings is 2. The fourth-order valence-corrected chi connectivity index (χ4v) is 6.04. The van der Waals surface area contributed by atoms with Gasteiger partial charge in [-0.25, -0.2) is 0 Å². The molecule has 2 saturated heterocycles. The Labute approximate surface area is 208 Å². The van der Waals surface area contributed by atoms with Crippen molar-refractivity contribution in [1.82, 2.24) is 9.80 Å². The quantitative estimate of drug-likeness (QED) is 0.504. The number of halogens is 5. The molecule has 3 fully saturated rings. The van der Waals surface area contributed by atoms with Gasteiger partial charge < -0.3 is 14.9 Å². The summed E-state index contributed by atoms with van der Waals surface area (Å²) in [7, 11) is 0. The van der Waals surface area contributed by atoms with E-state index in [2.05, 4.69) is 9.80 Å². The summed E-state index contributed by atoms with van der Waals surface area (Å²) < 4.78 is 40.1. The predicted octanol–water partition coefficient (Wildman–Crippen LogP) is 6.28. The standard InChI is InChI=1S/C25H37F3N2O.2ClH/c26-25(27,28)21-9-7-8-20(18-21)23(24(31)12-3-1-4-13-24)19-29-16-10-22(11-17-29)30-14-5-2-6-15-30;;/h7-9,18,22-23,31H,1-6,10-17,19H2;2*1H. The van der Waals surface area contributed by atoms with Crippen molar-refractivity contribution in [2.45, 2.75) is 87.9 Å². The molecule has 8 heteroatoms. The molecule has 0 radical (unpaired) electrons. The SMILES string of the molecule is Cl.Cl.OC1(C(CN2CCC(N3CCCCC3)CC2)c2cccc(C(F)(F)F)c2)CCCCC1. The number of likely N-dealkylation sites (tertiary alicyclic amines) is 2. The van der Waals surface area contributed by atoms with Gasteiger partial charge in [-0.15, -0.1) is 24.8 Å². The van der Waals surface area contributed by atoms with Gasteiger partial charge in [-0.3, -0.25) is 0 Å². The first-order chi connectivity index (χ1) is 14.9. The molecule has 3 aliphatic rings. The Morgan fingerprint density at radius 3 is 2.12 bits per heavy atom. The summed E-state index contributed by atoms with van der Waals surface area (Å²) in [6.45, 7) is 4.98. The van der Waals surface area contributed by atoms with E-state index < -0.39 is 17.3 Å². The molecule has 4 rings (SSSR count). The molecule has 2 heterocycles. The van der Waals surface area contributed by atoms with Gasteiger partial charge in [-0.2, -0.15) is 13.2 Å². The lowest BCUT2D eigenvalue weighted by atomic mass is 9.72. The minimum absolute atomic E-state index is 0. The van der Waals surface area contributed by atoms with Gasteiger partial charge in [0.1, 0.15) is 0 Å². The Morgan fingerprint density at radius 1 is 0.909 bits per heavy atom. The zero-order chi connectivity index (χ0) is 21.9. The van der Waals surface area contributed by atoms with Crippen molar-refractivity contribution in [3.05, 3.63) is 35.4 Å². The molecular formula is C25H39Cl2F3N2O. The van der Waals surface area contributed by atoms with E-state index >= 15 is 0 Å². The molecule has 190 valence electrons. The van der Waals surface area contributed by atoms with Crippen LogP contribution < -0.4 is 0 Å². The summed E-state index contributed by atoms with van der Waals surface area (Å²) in [4.78, 5) is 5.03. The van der Waals surface area contributed by atoms with E-state index in [1.807, 2.05) is 0 Å². The van der Waals surface area contributed by atoms with Crippen molar-refractivity contribution in [2.24, 2.45) is 0 Å². The lowest BCUT2D eigenvalue weighted by Crippen LogP contribution is -2.50. The fraction of sp³-hybridized carbons (Fsp3) is 0.760. The van der Waals surface area contributed by atoms with Gasteiger partial charge in [-0.1, -0.05) is 43.9 Å². The molecular weight excluding hydrogens is 472 g/mol. The molecule has 1 aliphatic carbocycles. The van der Waals surface area contributed by atoms with Crippen LogP contribution in [0.2, 0.25) is 0 Å². The van der Waals surface area contributed by atoms with Crippen LogP contribution in [0.5, 0.6) is 0 Å². The van der Waals surface area contributed by atoms with E-state index in [4.69, 9.17) is 0 Å². The van der Waals surface area contributed by atoms with Crippen LogP contribution in [-0.4, -0.2) is 59.3 Å². The van der Waals surface area contributed by atoms with Gasteiger partial charge >= 0.3 is 6.18 Å². The number of hydrogen-bond acceptors (Lipinski definition) is 3. The topological polar surface area (TPSA) is 26.7 Å². The van der Waals surface area contributed by atoms with Crippen LogP contribution in [-0.2, 0) is 6.18 Å². The third kappa shape index (κ3) is 7.23. The van der Waals surface area contributed by atoms with Gasteiger partial charge in [0.25, 0.3) is 0 Å². The third-order valence-electron chi connectivity index (χ3n) is 7.89. The van der Waals surface area contributed by atoms with Gasteiger partial charge in [0.2, 0.25) is 0 Å². The van der Waals surface area contributed by atoms with Crippen LogP contribution in [0.4, 0.5) is 13.2 Å². The maximum atomic E-state index is 13.4. The molecule has 0 amide bonds. The molecule has 33 heavy (non-hydrogen) atoms. The molecule has 0 bridgehead atoms. The number of aliphatic hydroxyl groups is 1. The Bertz CT molecular complexity index is 714. The summed E-state index contributed by atoms with van der Waals surface area (Å²) in [5.41, 5.74) is -0.887. The number of alkyl halides is 3. The number of benzene rings is 1. The van der Waals surface area contributed by atoms with Crippen molar-refractivity contribution < 1.29 is 18.3 Å². The smallest absolute Gasteiger partial charge is 0.389 e. The van der Waals surface area contributed by atoms with Gasteiger partial charge in [0.05, 0.1) is 11.2 Å². The van der Waals surface area contributed by atoms with Crippen molar-refractivity contribution in [3.8, 4) is 0 Å². The Morgan fingerprint density at radius 2 is 1.52 bits per heavy atom. The molecule has 1 aromatic carbocycles. The average Bonchev–Trinajstić information content (AvgIpc) is 2.78. The van der Waals surface area contributed by atoms with E-state index in [0.29, 0.717) is 31.0 Å². The van der Waals surface area contributed by atoms with E-state index in [9.17, 15) is 18.3 Å². The molecule has 1 unspecified atom stereocenters. The van der Waals surface area contributed by atoms with Crippen LogP contribution in [0.15, 0.2) is 24.3 Å². The van der Waals surface area contributed by atoms with E-state index in [1.165, 1.54) is 44.5 Å². The Balaban J connectivity index is 0.00000193. The summed E-state index contributed by atoms with van der Waals surface area (Å²) in [5.74, 6) is -0.276. The van der Waals surface area contributed by atoms with Crippen molar-refractivity contribution in [2.75, 3.05) is 32.7 Å². The average molecular weight is 512 g/mol. The Hall–Kier alpha value is -0.530. The first-order valence-corrected chi connectivity index (χ1v) is 12.2. The maximum Gasteiger partial charge on any atom is 0.416 e. The first-order valence-electron chi connectivity index (χ1n) is 12.2. The molecule has 0 aromatic heterocycles. The summed E-state index contributed by atoms with van der Waals surface area (Å²) in [6, 6.07) is 6.33. The van der Waals surface area contributed by atoms with Gasteiger partial charge in [0, 0.05) is 18.5 Å². The van der Waals surface area contributed by atoms with Crippen LogP contribution in [0, 0.1) is 0 Å². The lowest BCUT2D eigenvalue weighted by Gasteiger charge is -2.45. The zero-order valence-electron chi connectivity index (χ0n) is 19.4. The highest BCUT2D eigenvalue weighted by Crippen LogP contribution is 2.42. The van der Waals surface area contributed by atoms with E-state index in [0.717, 1.165) is 51.3 Å². The van der Waals surface area contributed by atoms with Crippen molar-refractivity contribution in [1.29, 1.82) is 0 Å². The molecule has 3 nitrogen and oxygen atoms in total. The molecule has 1 atom stereocenters. The molecule has 1 aromatic rings. The molecule has 1 saturated carbocycles. The second-order valence-electron chi connectivity index (χ2n) is 9.97. The minimum atomic E-state index is -4.36. The fourth-order valence-electron chi connectivity index (χ4n) is 6.04. The normalized spacial score (nSPS) is 23.9. The Kier molecular flexibility index (Phi) is 10.8. The van der Waals surface area contributed by atoms with E-state index in [-0.39, 0.29) is 30.7 Å².